The topological polar surface area (TPSA) is 37.3 Å². The minimum Gasteiger partial charge on any atom is -0.478 e. The van der Waals surface area contributed by atoms with Gasteiger partial charge in [0.25, 0.3) is 0 Å². The second-order valence-corrected chi connectivity index (χ2v) is 8.02. The lowest BCUT2D eigenvalue weighted by molar-refractivity contribution is 0.0694. The highest BCUT2D eigenvalue weighted by Crippen LogP contribution is 2.49. The molecule has 0 aromatic heterocycles. The summed E-state index contributed by atoms with van der Waals surface area (Å²) >= 11 is 0. The summed E-state index contributed by atoms with van der Waals surface area (Å²) in [4.78, 5) is 11.7. The number of rotatable bonds is 9. The van der Waals surface area contributed by atoms with Gasteiger partial charge in [-0.05, 0) is 54.7 Å². The van der Waals surface area contributed by atoms with Crippen LogP contribution >= 0.6 is 0 Å². The van der Waals surface area contributed by atoms with E-state index in [-0.39, 0.29) is 5.92 Å². The molecule has 26 heavy (non-hydrogen) atoms. The third kappa shape index (κ3) is 3.95. The molecule has 0 heterocycles. The lowest BCUT2D eigenvalue weighted by atomic mass is 9.66. The van der Waals surface area contributed by atoms with Crippen LogP contribution in [0.1, 0.15) is 85.7 Å². The second kappa shape index (κ2) is 8.70. The third-order valence-electron chi connectivity index (χ3n) is 6.31. The molecule has 1 N–H and O–H groups in total. The van der Waals surface area contributed by atoms with E-state index in [4.69, 9.17) is 0 Å². The Balaban J connectivity index is 1.68. The summed E-state index contributed by atoms with van der Waals surface area (Å²) in [5, 5.41) is 9.60. The largest absolute Gasteiger partial charge is 0.478 e. The third-order valence-corrected chi connectivity index (χ3v) is 6.31. The highest BCUT2D eigenvalue weighted by Gasteiger charge is 2.39. The van der Waals surface area contributed by atoms with Gasteiger partial charge in [0.05, 0.1) is 5.56 Å². The molecule has 1 aromatic carbocycles. The maximum Gasteiger partial charge on any atom is 0.335 e. The Bertz CT molecular complexity index is 685. The molecule has 0 spiro atoms. The Labute approximate surface area is 158 Å². The van der Waals surface area contributed by atoms with Crippen LogP contribution in [-0.2, 0) is 6.42 Å². The van der Waals surface area contributed by atoms with E-state index in [0.717, 1.165) is 24.8 Å². The van der Waals surface area contributed by atoms with Gasteiger partial charge in [-0.2, -0.15) is 0 Å². The number of benzene rings is 1. The van der Waals surface area contributed by atoms with Crippen molar-refractivity contribution >= 4 is 5.97 Å². The van der Waals surface area contributed by atoms with E-state index in [1.54, 1.807) is 6.07 Å². The Morgan fingerprint density at radius 2 is 1.96 bits per heavy atom. The number of hydrogen-bond donors (Lipinski definition) is 1. The van der Waals surface area contributed by atoms with Crippen molar-refractivity contribution in [3.63, 3.8) is 0 Å². The van der Waals surface area contributed by atoms with Gasteiger partial charge in [0.15, 0.2) is 0 Å². The Hall–Kier alpha value is -1.83. The maximum absolute atomic E-state index is 11.7. The fourth-order valence-corrected chi connectivity index (χ4v) is 4.92. The van der Waals surface area contributed by atoms with E-state index in [2.05, 4.69) is 31.7 Å². The van der Waals surface area contributed by atoms with Gasteiger partial charge in [-0.25, -0.2) is 4.79 Å². The molecule has 2 heteroatoms. The van der Waals surface area contributed by atoms with Gasteiger partial charge >= 0.3 is 5.97 Å². The number of fused-ring (bicyclic) bond motifs is 3. The minimum atomic E-state index is -0.801. The summed E-state index contributed by atoms with van der Waals surface area (Å²) in [6, 6.07) is 5.78. The van der Waals surface area contributed by atoms with Gasteiger partial charge in [0.2, 0.25) is 0 Å². The zero-order valence-corrected chi connectivity index (χ0v) is 16.0. The summed E-state index contributed by atoms with van der Waals surface area (Å²) in [6.07, 6.45) is 15.5. The molecule has 0 radical (unpaired) electrons. The van der Waals surface area contributed by atoms with E-state index in [1.165, 1.54) is 49.7 Å². The molecular weight excluding hydrogens is 320 g/mol. The molecule has 0 fully saturated rings. The number of unbranched alkanes of at least 4 members (excludes halogenated alkanes) is 5. The second-order valence-electron chi connectivity index (χ2n) is 8.02. The highest BCUT2D eigenvalue weighted by molar-refractivity contribution is 5.90. The summed E-state index contributed by atoms with van der Waals surface area (Å²) in [5.74, 6) is 0.431. The van der Waals surface area contributed by atoms with Crippen molar-refractivity contribution < 1.29 is 9.90 Å². The maximum atomic E-state index is 11.7. The first kappa shape index (κ1) is 18.9. The summed E-state index contributed by atoms with van der Waals surface area (Å²) < 4.78 is 0. The lowest BCUT2D eigenvalue weighted by Gasteiger charge is -2.37. The Kier molecular flexibility index (Phi) is 6.34. The number of carboxylic acid groups (broad SMARTS) is 1. The van der Waals surface area contributed by atoms with Crippen molar-refractivity contribution in [3.8, 4) is 0 Å². The first-order chi connectivity index (χ1) is 12.6. The van der Waals surface area contributed by atoms with Crippen molar-refractivity contribution in [2.24, 2.45) is 11.8 Å². The fraction of sp³-hybridized carbons (Fsp3) is 0.542. The predicted octanol–water partition coefficient (Wildman–Crippen LogP) is 6.52. The normalized spacial score (nSPS) is 23.5. The predicted molar refractivity (Wildman–Crippen MR) is 108 cm³/mol. The number of aromatic carboxylic acids is 1. The van der Waals surface area contributed by atoms with Crippen LogP contribution in [0.2, 0.25) is 0 Å². The first-order valence-electron chi connectivity index (χ1n) is 10.3. The number of carbonyl (C=O) groups is 1. The van der Waals surface area contributed by atoms with Crippen LogP contribution in [-0.4, -0.2) is 11.1 Å². The molecule has 3 unspecified atom stereocenters. The molecule has 2 aliphatic rings. The van der Waals surface area contributed by atoms with Crippen molar-refractivity contribution in [2.45, 2.75) is 70.6 Å². The van der Waals surface area contributed by atoms with E-state index in [1.807, 2.05) is 6.07 Å². The molecule has 2 aliphatic carbocycles. The van der Waals surface area contributed by atoms with Gasteiger partial charge in [0.1, 0.15) is 0 Å². The summed E-state index contributed by atoms with van der Waals surface area (Å²) in [6.45, 7) is 6.71. The van der Waals surface area contributed by atoms with Crippen molar-refractivity contribution in [3.05, 3.63) is 59.2 Å². The highest BCUT2D eigenvalue weighted by atomic mass is 16.4. The fourth-order valence-electron chi connectivity index (χ4n) is 4.92. The zero-order chi connectivity index (χ0) is 18.5. The van der Waals surface area contributed by atoms with Crippen LogP contribution in [0.15, 0.2) is 42.5 Å². The average Bonchev–Trinajstić information content (AvgIpc) is 3.12. The number of carboxylic acids is 1. The zero-order valence-electron chi connectivity index (χ0n) is 16.0. The summed E-state index contributed by atoms with van der Waals surface area (Å²) in [5.41, 5.74) is 4.14. The molecule has 1 aromatic rings. The van der Waals surface area contributed by atoms with E-state index < -0.39 is 5.97 Å². The van der Waals surface area contributed by atoms with Crippen LogP contribution in [0, 0.1) is 11.8 Å². The van der Waals surface area contributed by atoms with Gasteiger partial charge in [0, 0.05) is 5.92 Å². The monoisotopic (exact) mass is 352 g/mol. The van der Waals surface area contributed by atoms with Crippen molar-refractivity contribution in [2.75, 3.05) is 0 Å². The summed E-state index contributed by atoms with van der Waals surface area (Å²) in [7, 11) is 0. The molecule has 0 saturated carbocycles. The van der Waals surface area contributed by atoms with Gasteiger partial charge in [-0.3, -0.25) is 0 Å². The van der Waals surface area contributed by atoms with Crippen LogP contribution in [0.4, 0.5) is 0 Å². The molecule has 3 atom stereocenters. The molecule has 0 bridgehead atoms. The average molecular weight is 353 g/mol. The van der Waals surface area contributed by atoms with Crippen molar-refractivity contribution in [1.82, 2.24) is 0 Å². The number of allylic oxidation sites excluding steroid dienone is 3. The van der Waals surface area contributed by atoms with Crippen molar-refractivity contribution in [1.29, 1.82) is 0 Å². The minimum absolute atomic E-state index is 0.248. The van der Waals surface area contributed by atoms with E-state index >= 15 is 0 Å². The standard InChI is InChI=1S/C24H32O2/c1-3-4-5-6-7-8-11-17(2)22-16-18-12-9-15-21(24(25)26)23(18)20-14-10-13-19(20)22/h9-10,12,14-15,19-20,22H,2-8,11,13,16H2,1H3,(H,25,26). The van der Waals surface area contributed by atoms with E-state index in [9.17, 15) is 9.90 Å². The molecule has 0 aliphatic heterocycles. The van der Waals surface area contributed by atoms with Gasteiger partial charge in [-0.1, -0.05) is 75.5 Å². The smallest absolute Gasteiger partial charge is 0.335 e. The molecule has 0 amide bonds. The number of hydrogen-bond acceptors (Lipinski definition) is 1. The molecule has 2 nitrogen and oxygen atoms in total. The van der Waals surface area contributed by atoms with Gasteiger partial charge < -0.3 is 5.11 Å². The molecule has 140 valence electrons. The molecular formula is C24H32O2. The first-order valence-corrected chi connectivity index (χ1v) is 10.3. The van der Waals surface area contributed by atoms with E-state index in [0.29, 0.717) is 17.4 Å². The van der Waals surface area contributed by atoms with Crippen LogP contribution in [0.3, 0.4) is 0 Å². The van der Waals surface area contributed by atoms with Crippen LogP contribution in [0.5, 0.6) is 0 Å². The Morgan fingerprint density at radius 3 is 2.73 bits per heavy atom. The molecule has 0 saturated heterocycles. The van der Waals surface area contributed by atoms with Gasteiger partial charge in [-0.15, -0.1) is 0 Å². The van der Waals surface area contributed by atoms with Crippen LogP contribution in [0.25, 0.3) is 0 Å². The molecule has 3 rings (SSSR count). The Morgan fingerprint density at radius 1 is 1.19 bits per heavy atom. The lowest BCUT2D eigenvalue weighted by Crippen LogP contribution is -2.29. The SMILES string of the molecule is C=C(CCCCCCCC)C1Cc2cccc(C(=O)O)c2C2C=CCC12. The quantitative estimate of drug-likeness (QED) is 0.405. The van der Waals surface area contributed by atoms with Crippen LogP contribution < -0.4 is 0 Å².